The third kappa shape index (κ3) is 3.61. The Hall–Kier alpha value is -2.43. The van der Waals surface area contributed by atoms with E-state index in [4.69, 9.17) is 0 Å². The molecule has 114 valence electrons. The molecule has 2 N–H and O–H groups in total. The number of hydrogen-bond donors (Lipinski definition) is 2. The van der Waals surface area contributed by atoms with Gasteiger partial charge in [0.1, 0.15) is 5.82 Å². The van der Waals surface area contributed by atoms with Crippen LogP contribution in [0.3, 0.4) is 0 Å². The summed E-state index contributed by atoms with van der Waals surface area (Å²) in [5, 5.41) is 3.32. The zero-order valence-electron chi connectivity index (χ0n) is 12.2. The third-order valence-electron chi connectivity index (χ3n) is 3.89. The summed E-state index contributed by atoms with van der Waals surface area (Å²) in [7, 11) is 0. The molecule has 0 radical (unpaired) electrons. The van der Waals surface area contributed by atoms with Crippen LogP contribution in [0, 0.1) is 5.82 Å². The van der Waals surface area contributed by atoms with Crippen LogP contribution in [0.2, 0.25) is 0 Å². The molecule has 0 spiro atoms. The molecule has 3 rings (SSSR count). The molecule has 1 aromatic heterocycles. The average Bonchev–Trinajstić information content (AvgIpc) is 3.01. The third-order valence-corrected chi connectivity index (χ3v) is 3.89. The van der Waals surface area contributed by atoms with Crippen LogP contribution < -0.4 is 5.32 Å². The summed E-state index contributed by atoms with van der Waals surface area (Å²) < 4.78 is 13.0. The zero-order chi connectivity index (χ0) is 15.4. The quantitative estimate of drug-likeness (QED) is 0.892. The summed E-state index contributed by atoms with van der Waals surface area (Å²) in [6.45, 7) is 0.747. The van der Waals surface area contributed by atoms with Gasteiger partial charge in [-0.3, -0.25) is 4.79 Å². The molecule has 0 bridgehead atoms. The SMILES string of the molecule is O=C1C=C(NCCc2cnc[nH]2)C[C@H](c2ccc(F)cc2)C1. The standard InChI is InChI=1S/C17H18FN3O/c18-14-3-1-12(2-4-14)13-7-16(9-17(22)8-13)20-6-5-15-10-19-11-21-15/h1-4,9-11,13,20H,5-8H2,(H,19,21)/t13-/m0/s1. The smallest absolute Gasteiger partial charge is 0.158 e. The number of carbonyl (C=O) groups excluding carboxylic acids is 1. The molecular formula is C17H18FN3O. The number of allylic oxidation sites excluding steroid dienone is 2. The Balaban J connectivity index is 1.60. The number of aromatic nitrogens is 2. The van der Waals surface area contributed by atoms with Gasteiger partial charge in [-0.05, 0) is 30.0 Å². The number of halogens is 1. The van der Waals surface area contributed by atoms with Crippen LogP contribution in [-0.4, -0.2) is 22.3 Å². The molecule has 0 fully saturated rings. The number of aromatic amines is 1. The lowest BCUT2D eigenvalue weighted by atomic mass is 9.85. The Morgan fingerprint density at radius 2 is 2.09 bits per heavy atom. The van der Waals surface area contributed by atoms with Gasteiger partial charge in [-0.1, -0.05) is 12.1 Å². The Morgan fingerprint density at radius 3 is 2.82 bits per heavy atom. The summed E-state index contributed by atoms with van der Waals surface area (Å²) >= 11 is 0. The van der Waals surface area contributed by atoms with E-state index in [0.29, 0.717) is 6.42 Å². The molecule has 1 aliphatic carbocycles. The number of benzene rings is 1. The first-order valence-corrected chi connectivity index (χ1v) is 7.40. The molecule has 2 aromatic rings. The van der Waals surface area contributed by atoms with Gasteiger partial charge in [0.25, 0.3) is 0 Å². The van der Waals surface area contributed by atoms with Gasteiger partial charge >= 0.3 is 0 Å². The first-order chi connectivity index (χ1) is 10.7. The lowest BCUT2D eigenvalue weighted by Gasteiger charge is -2.23. The van der Waals surface area contributed by atoms with Crippen molar-refractivity contribution in [1.82, 2.24) is 15.3 Å². The second-order valence-corrected chi connectivity index (χ2v) is 5.55. The lowest BCUT2D eigenvalue weighted by molar-refractivity contribution is -0.115. The van der Waals surface area contributed by atoms with Crippen molar-refractivity contribution in [2.45, 2.75) is 25.2 Å². The average molecular weight is 299 g/mol. The maximum atomic E-state index is 13.0. The van der Waals surface area contributed by atoms with Crippen molar-refractivity contribution in [2.24, 2.45) is 0 Å². The van der Waals surface area contributed by atoms with Gasteiger partial charge in [-0.25, -0.2) is 9.37 Å². The highest BCUT2D eigenvalue weighted by Crippen LogP contribution is 2.30. The number of carbonyl (C=O) groups is 1. The van der Waals surface area contributed by atoms with Gasteiger partial charge in [0.05, 0.1) is 6.33 Å². The summed E-state index contributed by atoms with van der Waals surface area (Å²) in [4.78, 5) is 18.9. The van der Waals surface area contributed by atoms with Crippen LogP contribution in [-0.2, 0) is 11.2 Å². The molecule has 1 aromatic carbocycles. The van der Waals surface area contributed by atoms with Crippen molar-refractivity contribution in [3.63, 3.8) is 0 Å². The van der Waals surface area contributed by atoms with Crippen molar-refractivity contribution in [3.05, 3.63) is 65.6 Å². The number of rotatable bonds is 5. The molecule has 1 heterocycles. The Labute approximate surface area is 128 Å². The van der Waals surface area contributed by atoms with Crippen molar-refractivity contribution >= 4 is 5.78 Å². The fourth-order valence-electron chi connectivity index (χ4n) is 2.77. The van der Waals surface area contributed by atoms with Gasteiger partial charge < -0.3 is 10.3 Å². The number of imidazole rings is 1. The molecule has 1 aliphatic rings. The van der Waals surface area contributed by atoms with Gasteiger partial charge in [0.15, 0.2) is 5.78 Å². The van der Waals surface area contributed by atoms with E-state index in [1.807, 2.05) is 0 Å². The number of hydrogen-bond acceptors (Lipinski definition) is 3. The van der Waals surface area contributed by atoms with Crippen molar-refractivity contribution < 1.29 is 9.18 Å². The zero-order valence-corrected chi connectivity index (χ0v) is 12.2. The molecule has 22 heavy (non-hydrogen) atoms. The fourth-order valence-corrected chi connectivity index (χ4v) is 2.77. The first-order valence-electron chi connectivity index (χ1n) is 7.40. The number of nitrogens with zero attached hydrogens (tertiary/aromatic N) is 1. The normalized spacial score (nSPS) is 18.1. The predicted molar refractivity (Wildman–Crippen MR) is 81.8 cm³/mol. The minimum atomic E-state index is -0.251. The first kappa shape index (κ1) is 14.5. The topological polar surface area (TPSA) is 57.8 Å². The highest BCUT2D eigenvalue weighted by atomic mass is 19.1. The van der Waals surface area contributed by atoms with E-state index in [1.165, 1.54) is 12.1 Å². The molecule has 0 amide bonds. The van der Waals surface area contributed by atoms with E-state index in [-0.39, 0.29) is 17.5 Å². The number of nitrogens with one attached hydrogen (secondary N) is 2. The Kier molecular flexibility index (Phi) is 4.32. The second-order valence-electron chi connectivity index (χ2n) is 5.55. The summed E-state index contributed by atoms with van der Waals surface area (Å²) in [5.74, 6) is -0.0169. The molecule has 0 saturated carbocycles. The summed E-state index contributed by atoms with van der Waals surface area (Å²) in [5.41, 5.74) is 3.02. The molecular weight excluding hydrogens is 281 g/mol. The highest BCUT2D eigenvalue weighted by Gasteiger charge is 2.22. The minimum Gasteiger partial charge on any atom is -0.388 e. The van der Waals surface area contributed by atoms with Crippen LogP contribution in [0.25, 0.3) is 0 Å². The number of ketones is 1. The van der Waals surface area contributed by atoms with Crippen LogP contribution >= 0.6 is 0 Å². The molecule has 5 heteroatoms. The van der Waals surface area contributed by atoms with Gasteiger partial charge in [-0.15, -0.1) is 0 Å². The van der Waals surface area contributed by atoms with E-state index in [1.54, 1.807) is 30.7 Å². The second kappa shape index (κ2) is 6.56. The Bertz CT molecular complexity index is 662. The fraction of sp³-hybridized carbons (Fsp3) is 0.294. The lowest BCUT2D eigenvalue weighted by Crippen LogP contribution is -2.23. The van der Waals surface area contributed by atoms with E-state index < -0.39 is 0 Å². The van der Waals surface area contributed by atoms with Gasteiger partial charge in [-0.2, -0.15) is 0 Å². The van der Waals surface area contributed by atoms with Gasteiger partial charge in [0.2, 0.25) is 0 Å². The predicted octanol–water partition coefficient (Wildman–Crippen LogP) is 2.71. The molecule has 4 nitrogen and oxygen atoms in total. The van der Waals surface area contributed by atoms with Gasteiger partial charge in [0, 0.05) is 43.1 Å². The van der Waals surface area contributed by atoms with Crippen molar-refractivity contribution in [2.75, 3.05) is 6.54 Å². The maximum absolute atomic E-state index is 13.0. The minimum absolute atomic E-state index is 0.115. The maximum Gasteiger partial charge on any atom is 0.158 e. The highest BCUT2D eigenvalue weighted by molar-refractivity contribution is 5.91. The van der Waals surface area contributed by atoms with Crippen molar-refractivity contribution in [1.29, 1.82) is 0 Å². The number of H-pyrrole nitrogens is 1. The van der Waals surface area contributed by atoms with E-state index >= 15 is 0 Å². The Morgan fingerprint density at radius 1 is 1.27 bits per heavy atom. The largest absolute Gasteiger partial charge is 0.388 e. The molecule has 1 atom stereocenters. The van der Waals surface area contributed by atoms with Crippen LogP contribution in [0.4, 0.5) is 4.39 Å². The van der Waals surface area contributed by atoms with E-state index in [9.17, 15) is 9.18 Å². The molecule has 0 aliphatic heterocycles. The molecule has 0 unspecified atom stereocenters. The summed E-state index contributed by atoms with van der Waals surface area (Å²) in [6.07, 6.45) is 7.23. The molecule has 0 saturated heterocycles. The van der Waals surface area contributed by atoms with Crippen molar-refractivity contribution in [3.8, 4) is 0 Å². The van der Waals surface area contributed by atoms with E-state index in [0.717, 1.165) is 36.3 Å². The van der Waals surface area contributed by atoms with Crippen LogP contribution in [0.15, 0.2) is 48.6 Å². The van der Waals surface area contributed by atoms with E-state index in [2.05, 4.69) is 15.3 Å². The summed E-state index contributed by atoms with van der Waals surface area (Å²) in [6, 6.07) is 6.43. The van der Waals surface area contributed by atoms with Crippen LogP contribution in [0.5, 0.6) is 0 Å². The van der Waals surface area contributed by atoms with Crippen LogP contribution in [0.1, 0.15) is 30.0 Å². The monoisotopic (exact) mass is 299 g/mol.